The van der Waals surface area contributed by atoms with Gasteiger partial charge in [-0.15, -0.1) is 10.2 Å². The summed E-state index contributed by atoms with van der Waals surface area (Å²) in [6, 6.07) is 9.79. The minimum absolute atomic E-state index is 0.163. The largest absolute Gasteiger partial charge is 0.497 e. The zero-order chi connectivity index (χ0) is 28.2. The number of hydrogen-bond acceptors (Lipinski definition) is 7. The second-order valence-electron chi connectivity index (χ2n) is 10.6. The van der Waals surface area contributed by atoms with E-state index >= 15 is 0 Å². The van der Waals surface area contributed by atoms with Gasteiger partial charge in [-0.25, -0.2) is 4.39 Å². The average molecular weight is 539 g/mol. The number of benzene rings is 2. The minimum Gasteiger partial charge on any atom is -0.497 e. The Hall–Kier alpha value is -4.02. The highest BCUT2D eigenvalue weighted by atomic mass is 19.1. The number of carbonyl (C=O) groups is 2. The van der Waals surface area contributed by atoms with Gasteiger partial charge in [-0.05, 0) is 81.3 Å². The van der Waals surface area contributed by atoms with Crippen molar-refractivity contribution in [2.45, 2.75) is 70.6 Å². The maximum Gasteiger partial charge on any atom is 0.248 e. The number of halogens is 1. The summed E-state index contributed by atoms with van der Waals surface area (Å²) in [4.78, 5) is 30.8. The number of hydrogen-bond donors (Lipinski definition) is 1. The lowest BCUT2D eigenvalue weighted by atomic mass is 9.98. The Bertz CT molecular complexity index is 1300. The zero-order valence-electron chi connectivity index (χ0n) is 23.0. The van der Waals surface area contributed by atoms with Gasteiger partial charge in [0.25, 0.3) is 0 Å². The van der Waals surface area contributed by atoms with Crippen LogP contribution in [0.25, 0.3) is 11.4 Å². The van der Waals surface area contributed by atoms with Gasteiger partial charge >= 0.3 is 0 Å². The second-order valence-corrected chi connectivity index (χ2v) is 10.6. The van der Waals surface area contributed by atoms with Crippen LogP contribution in [0.15, 0.2) is 42.5 Å². The molecule has 0 spiro atoms. The molecule has 2 aromatic carbocycles. The first-order valence-electron chi connectivity index (χ1n) is 13.0. The Morgan fingerprint density at radius 1 is 1.10 bits per heavy atom. The molecule has 1 aromatic heterocycles. The predicted molar refractivity (Wildman–Crippen MR) is 142 cm³/mol. The number of rotatable bonds is 9. The normalized spacial score (nSPS) is 14.6. The fourth-order valence-electron chi connectivity index (χ4n) is 4.88. The zero-order valence-corrected chi connectivity index (χ0v) is 23.0. The van der Waals surface area contributed by atoms with Crippen molar-refractivity contribution in [3.8, 4) is 22.9 Å². The van der Waals surface area contributed by atoms with Crippen molar-refractivity contribution in [3.05, 3.63) is 53.8 Å². The topological polar surface area (TPSA) is 111 Å². The monoisotopic (exact) mass is 538 g/mol. The van der Waals surface area contributed by atoms with Gasteiger partial charge in [0.15, 0.2) is 0 Å². The van der Waals surface area contributed by atoms with Crippen molar-refractivity contribution in [1.29, 1.82) is 0 Å². The number of nitrogens with one attached hydrogen (secondary N) is 1. The first-order chi connectivity index (χ1) is 18.6. The van der Waals surface area contributed by atoms with Crippen molar-refractivity contribution < 1.29 is 23.5 Å². The lowest BCUT2D eigenvalue weighted by Crippen LogP contribution is -2.52. The van der Waals surface area contributed by atoms with Gasteiger partial charge in [0.1, 0.15) is 29.9 Å². The van der Waals surface area contributed by atoms with Crippen LogP contribution < -0.4 is 14.8 Å². The van der Waals surface area contributed by atoms with Crippen molar-refractivity contribution >= 4 is 11.8 Å². The SMILES string of the molecule is COc1ccc(OC)c(C(C(=O)NC(C)(C)C)N(C(=O)Cn2nnc(-c3ccc(F)cc3)n2)C2CCCC2)c1. The van der Waals surface area contributed by atoms with E-state index in [0.29, 0.717) is 22.6 Å². The van der Waals surface area contributed by atoms with Crippen molar-refractivity contribution in [2.24, 2.45) is 0 Å². The fourth-order valence-corrected chi connectivity index (χ4v) is 4.88. The fraction of sp³-hybridized carbons (Fsp3) is 0.464. The lowest BCUT2D eigenvalue weighted by molar-refractivity contribution is -0.145. The molecule has 2 amide bonds. The summed E-state index contributed by atoms with van der Waals surface area (Å²) in [7, 11) is 3.08. The summed E-state index contributed by atoms with van der Waals surface area (Å²) in [5, 5.41) is 15.5. The van der Waals surface area contributed by atoms with Crippen molar-refractivity contribution in [1.82, 2.24) is 30.4 Å². The molecular formula is C28H35FN6O4. The third-order valence-electron chi connectivity index (χ3n) is 6.59. The van der Waals surface area contributed by atoms with Crippen LogP contribution in [-0.2, 0) is 16.1 Å². The molecule has 10 nitrogen and oxygen atoms in total. The summed E-state index contributed by atoms with van der Waals surface area (Å²) in [6.45, 7) is 5.45. The van der Waals surface area contributed by atoms with Crippen LogP contribution in [0.2, 0.25) is 0 Å². The van der Waals surface area contributed by atoms with E-state index in [-0.39, 0.29) is 36.0 Å². The molecule has 3 aromatic rings. The molecule has 1 fully saturated rings. The number of methoxy groups -OCH3 is 2. The summed E-state index contributed by atoms with van der Waals surface area (Å²) in [5.41, 5.74) is 0.562. The Morgan fingerprint density at radius 2 is 1.79 bits per heavy atom. The first-order valence-corrected chi connectivity index (χ1v) is 13.0. The number of amides is 2. The highest BCUT2D eigenvalue weighted by molar-refractivity contribution is 5.90. The molecule has 0 aliphatic heterocycles. The molecule has 1 heterocycles. The Kier molecular flexibility index (Phi) is 8.47. The van der Waals surface area contributed by atoms with Crippen LogP contribution in [0.5, 0.6) is 11.5 Å². The Balaban J connectivity index is 1.73. The van der Waals surface area contributed by atoms with E-state index in [4.69, 9.17) is 9.47 Å². The van der Waals surface area contributed by atoms with E-state index in [2.05, 4.69) is 20.7 Å². The Labute approximate surface area is 227 Å². The number of aromatic nitrogens is 4. The smallest absolute Gasteiger partial charge is 0.248 e. The second kappa shape index (κ2) is 11.8. The molecule has 1 N–H and O–H groups in total. The molecule has 11 heteroatoms. The van der Waals surface area contributed by atoms with Crippen LogP contribution in [0.1, 0.15) is 58.1 Å². The van der Waals surface area contributed by atoms with E-state index in [1.54, 1.807) is 42.3 Å². The molecule has 1 unspecified atom stereocenters. The molecule has 0 radical (unpaired) electrons. The summed E-state index contributed by atoms with van der Waals surface area (Å²) >= 11 is 0. The van der Waals surface area contributed by atoms with E-state index in [1.807, 2.05) is 20.8 Å². The molecule has 0 bridgehead atoms. The highest BCUT2D eigenvalue weighted by Crippen LogP contribution is 2.38. The molecule has 39 heavy (non-hydrogen) atoms. The van der Waals surface area contributed by atoms with Gasteiger partial charge in [-0.3, -0.25) is 9.59 Å². The number of carbonyl (C=O) groups excluding carboxylic acids is 2. The first kappa shape index (κ1) is 28.0. The van der Waals surface area contributed by atoms with E-state index in [0.717, 1.165) is 25.7 Å². The highest BCUT2D eigenvalue weighted by Gasteiger charge is 2.40. The van der Waals surface area contributed by atoms with E-state index in [9.17, 15) is 14.0 Å². The number of nitrogens with zero attached hydrogens (tertiary/aromatic N) is 5. The van der Waals surface area contributed by atoms with Gasteiger partial charge in [0.05, 0.1) is 14.2 Å². The van der Waals surface area contributed by atoms with Crippen LogP contribution in [0.3, 0.4) is 0 Å². The van der Waals surface area contributed by atoms with Crippen molar-refractivity contribution in [3.63, 3.8) is 0 Å². The predicted octanol–water partition coefficient (Wildman–Crippen LogP) is 3.92. The van der Waals surface area contributed by atoms with E-state index < -0.39 is 11.6 Å². The van der Waals surface area contributed by atoms with Crippen LogP contribution in [0.4, 0.5) is 4.39 Å². The standard InChI is InChI=1S/C28H35FN6O4/c1-28(2,3)30-27(37)25(22-16-21(38-4)14-15-23(22)39-5)35(20-8-6-7-9-20)24(36)17-34-32-26(31-33-34)18-10-12-19(29)13-11-18/h10-16,20,25H,6-9,17H2,1-5H3,(H,30,37). The van der Waals surface area contributed by atoms with Crippen LogP contribution in [-0.4, -0.2) is 62.7 Å². The van der Waals surface area contributed by atoms with Gasteiger partial charge in [-0.2, -0.15) is 4.80 Å². The molecule has 1 aliphatic rings. The third kappa shape index (κ3) is 6.71. The van der Waals surface area contributed by atoms with Gasteiger partial charge in [0.2, 0.25) is 17.6 Å². The maximum atomic E-state index is 14.0. The van der Waals surface area contributed by atoms with Gasteiger partial charge < -0.3 is 19.7 Å². The maximum absolute atomic E-state index is 14.0. The van der Waals surface area contributed by atoms with Gasteiger partial charge in [0, 0.05) is 22.7 Å². The average Bonchev–Trinajstić information content (AvgIpc) is 3.59. The molecule has 4 rings (SSSR count). The van der Waals surface area contributed by atoms with Crippen LogP contribution in [0, 0.1) is 5.82 Å². The molecule has 1 aliphatic carbocycles. The van der Waals surface area contributed by atoms with Gasteiger partial charge in [-0.1, -0.05) is 12.8 Å². The molecule has 1 saturated carbocycles. The molecule has 0 saturated heterocycles. The molecule has 208 valence electrons. The summed E-state index contributed by atoms with van der Waals surface area (Å²) < 4.78 is 24.4. The van der Waals surface area contributed by atoms with Crippen molar-refractivity contribution in [2.75, 3.05) is 14.2 Å². The summed E-state index contributed by atoms with van der Waals surface area (Å²) in [5.74, 6) is 0.253. The quantitative estimate of drug-likeness (QED) is 0.440. The van der Waals surface area contributed by atoms with E-state index in [1.165, 1.54) is 24.0 Å². The number of ether oxygens (including phenoxy) is 2. The minimum atomic E-state index is -0.982. The molecule has 1 atom stereocenters. The molecular weight excluding hydrogens is 503 g/mol. The third-order valence-corrected chi connectivity index (χ3v) is 6.59. The lowest BCUT2D eigenvalue weighted by Gasteiger charge is -2.38. The summed E-state index contributed by atoms with van der Waals surface area (Å²) in [6.07, 6.45) is 3.44. The van der Waals surface area contributed by atoms with Crippen LogP contribution >= 0.6 is 0 Å². The Morgan fingerprint density at radius 3 is 2.41 bits per heavy atom. The number of tetrazole rings is 1.